The van der Waals surface area contributed by atoms with Crippen LogP contribution in [0.1, 0.15) is 0 Å². The molecule has 1 rings (SSSR count). The van der Waals surface area contributed by atoms with E-state index in [0.717, 1.165) is 0 Å². The molecule has 0 aliphatic heterocycles. The number of carbonyl (C=O) groups excluding carboxylic acids is 1. The highest BCUT2D eigenvalue weighted by molar-refractivity contribution is 5.67. The molecule has 0 radical (unpaired) electrons. The van der Waals surface area contributed by atoms with Gasteiger partial charge in [-0.15, -0.1) is 0 Å². The van der Waals surface area contributed by atoms with Crippen LogP contribution in [0.2, 0.25) is 0 Å². The van der Waals surface area contributed by atoms with Crippen molar-refractivity contribution in [2.75, 3.05) is 5.73 Å². The molecule has 0 atom stereocenters. The lowest BCUT2D eigenvalue weighted by Gasteiger charge is -1.97. The van der Waals surface area contributed by atoms with E-state index in [0.29, 0.717) is 0 Å². The van der Waals surface area contributed by atoms with E-state index in [9.17, 15) is 4.79 Å². The number of nitrogens with two attached hydrogens (primary N) is 2. The highest BCUT2D eigenvalue weighted by Crippen LogP contribution is 2.06. The van der Waals surface area contributed by atoms with Gasteiger partial charge >= 0.3 is 6.09 Å². The van der Waals surface area contributed by atoms with Gasteiger partial charge in [0.15, 0.2) is 0 Å². The third kappa shape index (κ3) is 2.09. The maximum atomic E-state index is 10.2. The lowest BCUT2D eigenvalue weighted by atomic mass is 10.6. The average molecular weight is 154 g/mol. The molecular weight excluding hydrogens is 148 g/mol. The number of hydrogen-bond donors (Lipinski definition) is 2. The molecule has 1 amide bonds. The largest absolute Gasteiger partial charge is 0.411 e. The first-order valence-corrected chi connectivity index (χ1v) is 2.73. The van der Waals surface area contributed by atoms with Crippen LogP contribution in [0.15, 0.2) is 12.4 Å². The third-order valence-corrected chi connectivity index (χ3v) is 0.868. The second-order valence-corrected chi connectivity index (χ2v) is 1.70. The van der Waals surface area contributed by atoms with Crippen LogP contribution in [-0.4, -0.2) is 16.1 Å². The van der Waals surface area contributed by atoms with Crippen molar-refractivity contribution in [2.45, 2.75) is 0 Å². The minimum absolute atomic E-state index is 0.0463. The van der Waals surface area contributed by atoms with Crippen LogP contribution in [-0.2, 0) is 0 Å². The minimum Gasteiger partial charge on any atom is -0.391 e. The van der Waals surface area contributed by atoms with E-state index in [1.165, 1.54) is 12.4 Å². The number of rotatable bonds is 1. The Labute approximate surface area is 62.2 Å². The van der Waals surface area contributed by atoms with Gasteiger partial charge in [-0.1, -0.05) is 0 Å². The van der Waals surface area contributed by atoms with Gasteiger partial charge in [-0.05, 0) is 0 Å². The van der Waals surface area contributed by atoms with Crippen molar-refractivity contribution in [2.24, 2.45) is 5.73 Å². The van der Waals surface area contributed by atoms with Gasteiger partial charge in [0.05, 0.1) is 0 Å². The first-order valence-electron chi connectivity index (χ1n) is 2.73. The van der Waals surface area contributed by atoms with Crippen LogP contribution in [0.4, 0.5) is 10.6 Å². The number of primary amides is 1. The van der Waals surface area contributed by atoms with Crippen LogP contribution in [0.3, 0.4) is 0 Å². The second-order valence-electron chi connectivity index (χ2n) is 1.70. The summed E-state index contributed by atoms with van der Waals surface area (Å²) in [5.74, 6) is 0.265. The fraction of sp³-hybridized carbons (Fsp3) is 0. The maximum Gasteiger partial charge on any atom is 0.411 e. The molecule has 0 aliphatic rings. The number of aromatic nitrogens is 2. The van der Waals surface area contributed by atoms with Gasteiger partial charge < -0.3 is 16.2 Å². The van der Waals surface area contributed by atoms with E-state index < -0.39 is 6.09 Å². The third-order valence-electron chi connectivity index (χ3n) is 0.868. The van der Waals surface area contributed by atoms with Crippen molar-refractivity contribution in [3.05, 3.63) is 12.4 Å². The smallest absolute Gasteiger partial charge is 0.391 e. The molecule has 58 valence electrons. The summed E-state index contributed by atoms with van der Waals surface area (Å²) in [6.07, 6.45) is 0.247. The first-order chi connectivity index (χ1) is 5.18. The number of nitrogen functional groups attached to an aromatic ring is 1. The van der Waals surface area contributed by atoms with Gasteiger partial charge in [-0.2, -0.15) is 0 Å². The molecule has 0 fully saturated rings. The molecule has 0 aliphatic carbocycles. The van der Waals surface area contributed by atoms with Gasteiger partial charge in [-0.3, -0.25) is 0 Å². The fourth-order valence-electron chi connectivity index (χ4n) is 0.512. The molecule has 0 unspecified atom stereocenters. The lowest BCUT2D eigenvalue weighted by Crippen LogP contribution is -2.17. The van der Waals surface area contributed by atoms with E-state index in [1.54, 1.807) is 0 Å². The summed E-state index contributed by atoms with van der Waals surface area (Å²) in [4.78, 5) is 17.3. The Morgan fingerprint density at radius 1 is 1.55 bits per heavy atom. The van der Waals surface area contributed by atoms with E-state index in [1.807, 2.05) is 0 Å². The molecule has 0 aromatic carbocycles. The van der Waals surface area contributed by atoms with Crippen molar-refractivity contribution in [1.29, 1.82) is 0 Å². The Kier molecular flexibility index (Phi) is 1.86. The van der Waals surface area contributed by atoms with Crippen LogP contribution < -0.4 is 16.2 Å². The van der Waals surface area contributed by atoms with Crippen molar-refractivity contribution in [1.82, 2.24) is 9.97 Å². The standard InChI is InChI=1S/C5H6N4O2/c6-3-1-4(9-2-8-3)11-5(7)10/h1-2H,(H2,7,10)(H2,6,8,9). The molecule has 0 bridgehead atoms. The predicted molar refractivity (Wildman–Crippen MR) is 36.7 cm³/mol. The summed E-state index contributed by atoms with van der Waals surface area (Å²) in [6, 6.07) is 1.30. The van der Waals surface area contributed by atoms with Crippen LogP contribution in [0, 0.1) is 0 Å². The number of amides is 1. The summed E-state index contributed by atoms with van der Waals surface area (Å²) < 4.78 is 4.40. The molecule has 6 nitrogen and oxygen atoms in total. The predicted octanol–water partition coefficient (Wildman–Crippen LogP) is -0.484. The lowest BCUT2D eigenvalue weighted by molar-refractivity contribution is 0.209. The van der Waals surface area contributed by atoms with Crippen LogP contribution >= 0.6 is 0 Å². The van der Waals surface area contributed by atoms with Crippen molar-refractivity contribution in [3.63, 3.8) is 0 Å². The monoisotopic (exact) mass is 154 g/mol. The van der Waals surface area contributed by atoms with E-state index in [-0.39, 0.29) is 11.7 Å². The molecule has 0 spiro atoms. The van der Waals surface area contributed by atoms with Crippen molar-refractivity contribution in [3.8, 4) is 5.88 Å². The van der Waals surface area contributed by atoms with Gasteiger partial charge in [0.25, 0.3) is 0 Å². The topological polar surface area (TPSA) is 104 Å². The molecule has 11 heavy (non-hydrogen) atoms. The highest BCUT2D eigenvalue weighted by atomic mass is 16.6. The zero-order chi connectivity index (χ0) is 8.27. The molecule has 6 heteroatoms. The van der Waals surface area contributed by atoms with Crippen molar-refractivity contribution >= 4 is 11.9 Å². The first kappa shape index (κ1) is 7.26. The molecule has 0 saturated carbocycles. The Bertz CT molecular complexity index is 275. The molecule has 0 saturated heterocycles. The molecule has 1 aromatic rings. The van der Waals surface area contributed by atoms with Crippen LogP contribution in [0.5, 0.6) is 5.88 Å². The highest BCUT2D eigenvalue weighted by Gasteiger charge is 1.99. The molecule has 1 heterocycles. The number of ether oxygens (including phenoxy) is 1. The molecule has 4 N–H and O–H groups in total. The number of carbonyl (C=O) groups is 1. The quantitative estimate of drug-likeness (QED) is 0.568. The summed E-state index contributed by atoms with van der Waals surface area (Å²) in [5, 5.41) is 0. The fourth-order valence-corrected chi connectivity index (χ4v) is 0.512. The Morgan fingerprint density at radius 2 is 2.27 bits per heavy atom. The summed E-state index contributed by atoms with van der Waals surface area (Å²) in [5.41, 5.74) is 9.96. The van der Waals surface area contributed by atoms with Gasteiger partial charge in [0.2, 0.25) is 5.88 Å². The Hall–Kier alpha value is -1.85. The second kappa shape index (κ2) is 2.82. The zero-order valence-electron chi connectivity index (χ0n) is 5.52. The minimum atomic E-state index is -0.928. The number of hydrogen-bond acceptors (Lipinski definition) is 5. The summed E-state index contributed by atoms with van der Waals surface area (Å²) in [6.45, 7) is 0. The average Bonchev–Trinajstić information content (AvgIpc) is 1.85. The van der Waals surface area contributed by atoms with Crippen LogP contribution in [0.25, 0.3) is 0 Å². The number of nitrogens with zero attached hydrogens (tertiary/aromatic N) is 2. The zero-order valence-corrected chi connectivity index (χ0v) is 5.52. The Balaban J connectivity index is 2.79. The van der Waals surface area contributed by atoms with E-state index >= 15 is 0 Å². The SMILES string of the molecule is NC(=O)Oc1cc(N)ncn1. The number of anilines is 1. The van der Waals surface area contributed by atoms with E-state index in [4.69, 9.17) is 11.5 Å². The van der Waals surface area contributed by atoms with Crippen molar-refractivity contribution < 1.29 is 9.53 Å². The van der Waals surface area contributed by atoms with Gasteiger partial charge in [0.1, 0.15) is 12.1 Å². The van der Waals surface area contributed by atoms with Gasteiger partial charge in [-0.25, -0.2) is 14.8 Å². The normalized spacial score (nSPS) is 9.09. The molecular formula is C5H6N4O2. The summed E-state index contributed by atoms with van der Waals surface area (Å²) in [7, 11) is 0. The van der Waals surface area contributed by atoms with E-state index in [2.05, 4.69) is 14.7 Å². The maximum absolute atomic E-state index is 10.2. The van der Waals surface area contributed by atoms with Gasteiger partial charge in [0, 0.05) is 6.07 Å². The Morgan fingerprint density at radius 3 is 2.82 bits per heavy atom. The summed E-state index contributed by atoms with van der Waals surface area (Å²) >= 11 is 0. The molecule has 1 aromatic heterocycles.